The Labute approximate surface area is 112 Å². The van der Waals surface area contributed by atoms with Gasteiger partial charge in [-0.25, -0.2) is 0 Å². The molecular formula is C13H21N3OS. The molecule has 1 saturated heterocycles. The number of piperazine rings is 1. The minimum Gasteiger partial charge on any atom is -0.343 e. The summed E-state index contributed by atoms with van der Waals surface area (Å²) in [6, 6.07) is 4.27. The molecule has 1 aromatic rings. The number of likely N-dealkylation sites (N-methyl/N-ethyl adjacent to an activating group) is 1. The zero-order valence-corrected chi connectivity index (χ0v) is 12.0. The quantitative estimate of drug-likeness (QED) is 0.898. The summed E-state index contributed by atoms with van der Waals surface area (Å²) in [6.07, 6.45) is 0. The lowest BCUT2D eigenvalue weighted by Crippen LogP contribution is -2.63. The Morgan fingerprint density at radius 3 is 2.78 bits per heavy atom. The molecule has 0 aromatic carbocycles. The summed E-state index contributed by atoms with van der Waals surface area (Å²) in [5, 5.41) is 2.06. The maximum absolute atomic E-state index is 12.3. The van der Waals surface area contributed by atoms with E-state index in [0.717, 1.165) is 13.1 Å². The van der Waals surface area contributed by atoms with E-state index in [-0.39, 0.29) is 11.9 Å². The number of nitrogens with zero attached hydrogens (tertiary/aromatic N) is 2. The molecule has 2 heterocycles. The largest absolute Gasteiger partial charge is 0.343 e. The third kappa shape index (κ3) is 2.18. The summed E-state index contributed by atoms with van der Waals surface area (Å²) in [7, 11) is 1.87. The zero-order valence-electron chi connectivity index (χ0n) is 11.2. The molecule has 1 unspecified atom stereocenters. The summed E-state index contributed by atoms with van der Waals surface area (Å²) >= 11 is 1.71. The summed E-state index contributed by atoms with van der Waals surface area (Å²) in [4.78, 5) is 17.6. The molecule has 1 fully saturated rings. The van der Waals surface area contributed by atoms with Gasteiger partial charge in [-0.2, -0.15) is 0 Å². The Balaban J connectivity index is 2.29. The smallest absolute Gasteiger partial charge is 0.242 e. The van der Waals surface area contributed by atoms with Gasteiger partial charge < -0.3 is 10.6 Å². The first-order valence-corrected chi connectivity index (χ1v) is 7.12. The predicted molar refractivity (Wildman–Crippen MR) is 74.5 cm³/mol. The molecule has 0 radical (unpaired) electrons. The first kappa shape index (κ1) is 13.5. The zero-order chi connectivity index (χ0) is 13.3. The standard InChI is InChI=1S/C13H21N3OS/c1-13(2)12(17)15(3)6-7-16(13)10(9-14)11-5-4-8-18-11/h4-5,8,10H,6-7,9,14H2,1-3H3. The Morgan fingerprint density at radius 1 is 1.50 bits per heavy atom. The van der Waals surface area contributed by atoms with Crippen LogP contribution in [0.2, 0.25) is 0 Å². The van der Waals surface area contributed by atoms with Crippen molar-refractivity contribution in [3.05, 3.63) is 22.4 Å². The summed E-state index contributed by atoms with van der Waals surface area (Å²) < 4.78 is 0. The summed E-state index contributed by atoms with van der Waals surface area (Å²) in [5.41, 5.74) is 5.45. The molecule has 100 valence electrons. The van der Waals surface area contributed by atoms with Gasteiger partial charge in [-0.15, -0.1) is 11.3 Å². The van der Waals surface area contributed by atoms with E-state index in [9.17, 15) is 4.79 Å². The lowest BCUT2D eigenvalue weighted by molar-refractivity contribution is -0.149. The minimum atomic E-state index is -0.485. The number of hydrogen-bond donors (Lipinski definition) is 1. The first-order chi connectivity index (χ1) is 8.48. The molecule has 0 bridgehead atoms. The second kappa shape index (κ2) is 4.99. The van der Waals surface area contributed by atoms with E-state index in [1.807, 2.05) is 27.0 Å². The van der Waals surface area contributed by atoms with Crippen LogP contribution in [0.25, 0.3) is 0 Å². The van der Waals surface area contributed by atoms with E-state index in [4.69, 9.17) is 5.73 Å². The highest BCUT2D eigenvalue weighted by Crippen LogP contribution is 2.33. The highest BCUT2D eigenvalue weighted by Gasteiger charge is 2.43. The molecule has 0 saturated carbocycles. The van der Waals surface area contributed by atoms with Crippen molar-refractivity contribution < 1.29 is 4.79 Å². The van der Waals surface area contributed by atoms with Gasteiger partial charge in [-0.05, 0) is 25.3 Å². The predicted octanol–water partition coefficient (Wildman–Crippen LogP) is 1.30. The van der Waals surface area contributed by atoms with Gasteiger partial charge in [0.2, 0.25) is 5.91 Å². The molecule has 2 rings (SSSR count). The number of amides is 1. The third-order valence-electron chi connectivity index (χ3n) is 3.74. The van der Waals surface area contributed by atoms with Gasteiger partial charge in [-0.1, -0.05) is 6.07 Å². The van der Waals surface area contributed by atoms with Crippen LogP contribution in [-0.4, -0.2) is 47.9 Å². The highest BCUT2D eigenvalue weighted by molar-refractivity contribution is 7.10. The Kier molecular flexibility index (Phi) is 3.75. The van der Waals surface area contributed by atoms with Crippen LogP contribution in [0.4, 0.5) is 0 Å². The lowest BCUT2D eigenvalue weighted by atomic mass is 9.95. The van der Waals surface area contributed by atoms with Crippen LogP contribution in [0.3, 0.4) is 0 Å². The maximum Gasteiger partial charge on any atom is 0.242 e. The van der Waals surface area contributed by atoms with Gasteiger partial charge in [0.25, 0.3) is 0 Å². The van der Waals surface area contributed by atoms with Crippen molar-refractivity contribution in [3.8, 4) is 0 Å². The van der Waals surface area contributed by atoms with Crippen LogP contribution in [0.5, 0.6) is 0 Å². The van der Waals surface area contributed by atoms with Crippen molar-refractivity contribution in [2.75, 3.05) is 26.7 Å². The van der Waals surface area contributed by atoms with Gasteiger partial charge in [0.05, 0.1) is 11.6 Å². The lowest BCUT2D eigenvalue weighted by Gasteiger charge is -2.48. The molecule has 1 amide bonds. The normalized spacial score (nSPS) is 22.2. The van der Waals surface area contributed by atoms with Crippen molar-refractivity contribution in [1.82, 2.24) is 9.80 Å². The van der Waals surface area contributed by atoms with Crippen LogP contribution in [-0.2, 0) is 4.79 Å². The van der Waals surface area contributed by atoms with Gasteiger partial charge in [0, 0.05) is 31.6 Å². The Morgan fingerprint density at radius 2 is 2.22 bits per heavy atom. The van der Waals surface area contributed by atoms with Crippen molar-refractivity contribution in [2.24, 2.45) is 5.73 Å². The molecule has 0 spiro atoms. The van der Waals surface area contributed by atoms with Crippen molar-refractivity contribution in [1.29, 1.82) is 0 Å². The molecule has 1 aliphatic rings. The fourth-order valence-corrected chi connectivity index (χ4v) is 3.50. The van der Waals surface area contributed by atoms with E-state index in [2.05, 4.69) is 16.3 Å². The van der Waals surface area contributed by atoms with Crippen LogP contribution in [0.15, 0.2) is 17.5 Å². The number of nitrogens with two attached hydrogens (primary N) is 1. The second-order valence-electron chi connectivity index (χ2n) is 5.25. The van der Waals surface area contributed by atoms with Gasteiger partial charge in [0.1, 0.15) is 0 Å². The molecule has 18 heavy (non-hydrogen) atoms. The number of thiophene rings is 1. The first-order valence-electron chi connectivity index (χ1n) is 6.24. The molecule has 4 nitrogen and oxygen atoms in total. The Hall–Kier alpha value is -0.910. The van der Waals surface area contributed by atoms with Gasteiger partial charge in [-0.3, -0.25) is 9.69 Å². The van der Waals surface area contributed by atoms with Crippen LogP contribution >= 0.6 is 11.3 Å². The molecule has 1 aromatic heterocycles. The van der Waals surface area contributed by atoms with Crippen LogP contribution < -0.4 is 5.73 Å². The maximum atomic E-state index is 12.3. The van der Waals surface area contributed by atoms with E-state index in [1.165, 1.54) is 4.88 Å². The molecule has 2 N–H and O–H groups in total. The van der Waals surface area contributed by atoms with Crippen LogP contribution in [0, 0.1) is 0 Å². The minimum absolute atomic E-state index is 0.137. The molecule has 0 aliphatic carbocycles. The van der Waals surface area contributed by atoms with Crippen molar-refractivity contribution in [2.45, 2.75) is 25.4 Å². The Bertz CT molecular complexity index is 416. The monoisotopic (exact) mass is 267 g/mol. The SMILES string of the molecule is CN1CCN(C(CN)c2cccs2)C(C)(C)C1=O. The van der Waals surface area contributed by atoms with Crippen LogP contribution in [0.1, 0.15) is 24.8 Å². The average molecular weight is 267 g/mol. The molecular weight excluding hydrogens is 246 g/mol. The number of rotatable bonds is 3. The fourth-order valence-electron chi connectivity index (χ4n) is 2.65. The fraction of sp³-hybridized carbons (Fsp3) is 0.615. The second-order valence-corrected chi connectivity index (χ2v) is 6.23. The van der Waals surface area contributed by atoms with Crippen molar-refractivity contribution >= 4 is 17.2 Å². The molecule has 5 heteroatoms. The third-order valence-corrected chi connectivity index (χ3v) is 4.71. The van der Waals surface area contributed by atoms with E-state index in [0.29, 0.717) is 6.54 Å². The average Bonchev–Trinajstić information content (AvgIpc) is 2.84. The molecule has 1 aliphatic heterocycles. The number of hydrogen-bond acceptors (Lipinski definition) is 4. The summed E-state index contributed by atoms with van der Waals surface area (Å²) in [6.45, 7) is 6.16. The van der Waals surface area contributed by atoms with Gasteiger partial charge >= 0.3 is 0 Å². The van der Waals surface area contributed by atoms with E-state index < -0.39 is 5.54 Å². The topological polar surface area (TPSA) is 49.6 Å². The van der Waals surface area contributed by atoms with E-state index >= 15 is 0 Å². The van der Waals surface area contributed by atoms with Gasteiger partial charge in [0.15, 0.2) is 0 Å². The number of carbonyl (C=O) groups is 1. The highest BCUT2D eigenvalue weighted by atomic mass is 32.1. The summed E-state index contributed by atoms with van der Waals surface area (Å²) in [5.74, 6) is 0.170. The van der Waals surface area contributed by atoms with E-state index in [1.54, 1.807) is 16.2 Å². The number of carbonyl (C=O) groups excluding carboxylic acids is 1. The molecule has 1 atom stereocenters. The van der Waals surface area contributed by atoms with Crippen molar-refractivity contribution in [3.63, 3.8) is 0 Å².